The van der Waals surface area contributed by atoms with E-state index in [0.29, 0.717) is 5.69 Å². The van der Waals surface area contributed by atoms with Crippen molar-refractivity contribution in [2.75, 3.05) is 12.9 Å². The van der Waals surface area contributed by atoms with Crippen LogP contribution in [0.1, 0.15) is 16.1 Å². The molecule has 126 valence electrons. The highest BCUT2D eigenvalue weighted by Gasteiger charge is 2.07. The summed E-state index contributed by atoms with van der Waals surface area (Å²) in [7, 11) is 1.36. The predicted octanol–water partition coefficient (Wildman–Crippen LogP) is 4.87. The second kappa shape index (κ2) is 8.49. The molecule has 3 aromatic rings. The maximum atomic E-state index is 11.5. The molecule has 4 heteroatoms. The number of ether oxygens (including phenoxy) is 1. The van der Waals surface area contributed by atoms with Crippen LogP contribution >= 0.6 is 11.8 Å². The molecule has 0 amide bonds. The van der Waals surface area contributed by atoms with E-state index < -0.39 is 5.97 Å². The van der Waals surface area contributed by atoms with E-state index in [4.69, 9.17) is 4.74 Å². The van der Waals surface area contributed by atoms with Gasteiger partial charge in [0.15, 0.2) is 0 Å². The zero-order chi connectivity index (χ0) is 17.5. The number of hydrogen-bond donors (Lipinski definition) is 0. The molecule has 0 atom stereocenters. The predicted molar refractivity (Wildman–Crippen MR) is 102 cm³/mol. The maximum absolute atomic E-state index is 11.5. The van der Waals surface area contributed by atoms with Crippen LogP contribution in [0, 0.1) is 0 Å². The first-order valence-corrected chi connectivity index (χ1v) is 9.06. The lowest BCUT2D eigenvalue weighted by atomic mass is 10.0. The summed E-state index contributed by atoms with van der Waals surface area (Å²) in [5.41, 5.74) is 4.11. The van der Waals surface area contributed by atoms with E-state index in [0.717, 1.165) is 17.1 Å². The molecule has 1 aromatic heterocycles. The van der Waals surface area contributed by atoms with E-state index in [1.165, 1.54) is 23.8 Å². The van der Waals surface area contributed by atoms with Gasteiger partial charge in [-0.05, 0) is 35.2 Å². The minimum absolute atomic E-state index is 0.347. The van der Waals surface area contributed by atoms with Gasteiger partial charge in [0, 0.05) is 16.8 Å². The van der Waals surface area contributed by atoms with Crippen LogP contribution in [0.15, 0.2) is 77.8 Å². The van der Waals surface area contributed by atoms with Crippen LogP contribution in [0.3, 0.4) is 0 Å². The summed E-state index contributed by atoms with van der Waals surface area (Å²) in [4.78, 5) is 16.6. The van der Waals surface area contributed by atoms with Gasteiger partial charge in [-0.1, -0.05) is 54.6 Å². The number of carbonyl (C=O) groups excluding carboxylic acids is 1. The van der Waals surface area contributed by atoms with E-state index in [2.05, 4.69) is 53.5 Å². The van der Waals surface area contributed by atoms with Gasteiger partial charge in [0.1, 0.15) is 5.69 Å². The lowest BCUT2D eigenvalue weighted by molar-refractivity contribution is 0.0593. The van der Waals surface area contributed by atoms with Crippen molar-refractivity contribution >= 4 is 17.7 Å². The second-order valence-electron chi connectivity index (χ2n) is 5.53. The van der Waals surface area contributed by atoms with E-state index >= 15 is 0 Å². The Kier molecular flexibility index (Phi) is 5.86. The smallest absolute Gasteiger partial charge is 0.356 e. The Bertz CT molecular complexity index is 832. The third-order valence-electron chi connectivity index (χ3n) is 3.85. The van der Waals surface area contributed by atoms with Crippen molar-refractivity contribution < 1.29 is 9.53 Å². The minimum Gasteiger partial charge on any atom is -0.464 e. The third-order valence-corrected chi connectivity index (χ3v) is 4.84. The highest BCUT2D eigenvalue weighted by atomic mass is 32.2. The van der Waals surface area contributed by atoms with Crippen LogP contribution in [0.25, 0.3) is 11.1 Å². The fourth-order valence-electron chi connectivity index (χ4n) is 2.50. The molecule has 1 heterocycles. The van der Waals surface area contributed by atoms with Crippen molar-refractivity contribution in [1.29, 1.82) is 0 Å². The molecule has 0 radical (unpaired) electrons. The topological polar surface area (TPSA) is 39.2 Å². The first-order chi connectivity index (χ1) is 12.3. The molecule has 25 heavy (non-hydrogen) atoms. The van der Waals surface area contributed by atoms with E-state index in [1.807, 2.05) is 12.1 Å². The summed E-state index contributed by atoms with van der Waals surface area (Å²) in [6, 6.07) is 22.7. The average molecular weight is 349 g/mol. The first kappa shape index (κ1) is 17.2. The number of thioether (sulfide) groups is 1. The van der Waals surface area contributed by atoms with E-state index in [9.17, 15) is 4.79 Å². The molecule has 3 rings (SSSR count). The molecule has 0 aliphatic heterocycles. The van der Waals surface area contributed by atoms with Gasteiger partial charge < -0.3 is 4.74 Å². The Labute approximate surface area is 152 Å². The lowest BCUT2D eigenvalue weighted by Gasteiger charge is -2.06. The Morgan fingerprint density at radius 3 is 2.44 bits per heavy atom. The molecule has 0 spiro atoms. The van der Waals surface area contributed by atoms with Crippen molar-refractivity contribution in [3.63, 3.8) is 0 Å². The molecule has 3 nitrogen and oxygen atoms in total. The van der Waals surface area contributed by atoms with Crippen LogP contribution in [0.5, 0.6) is 0 Å². The van der Waals surface area contributed by atoms with Gasteiger partial charge in [0.2, 0.25) is 0 Å². The number of aromatic nitrogens is 1. The molecule has 0 saturated heterocycles. The molecule has 0 N–H and O–H groups in total. The second-order valence-corrected chi connectivity index (χ2v) is 6.70. The van der Waals surface area contributed by atoms with Gasteiger partial charge in [-0.25, -0.2) is 9.78 Å². The van der Waals surface area contributed by atoms with E-state index in [-0.39, 0.29) is 0 Å². The number of aryl methyl sites for hydroxylation is 1. The number of benzene rings is 2. The molecule has 0 aliphatic rings. The molecule has 2 aromatic carbocycles. The molecular formula is C21H19NO2S. The normalized spacial score (nSPS) is 10.4. The van der Waals surface area contributed by atoms with Gasteiger partial charge in [0.25, 0.3) is 0 Å². The Morgan fingerprint density at radius 2 is 1.72 bits per heavy atom. The lowest BCUT2D eigenvalue weighted by Crippen LogP contribution is -2.03. The number of esters is 1. The fraction of sp³-hybridized carbons (Fsp3) is 0.143. The van der Waals surface area contributed by atoms with E-state index in [1.54, 1.807) is 24.0 Å². The molecular weight excluding hydrogens is 330 g/mol. The summed E-state index contributed by atoms with van der Waals surface area (Å²) >= 11 is 1.71. The quantitative estimate of drug-likeness (QED) is 0.470. The maximum Gasteiger partial charge on any atom is 0.356 e. The summed E-state index contributed by atoms with van der Waals surface area (Å²) in [6.45, 7) is 0. The molecule has 0 unspecified atom stereocenters. The molecule has 0 fully saturated rings. The number of methoxy groups -OCH3 is 1. The molecule has 0 saturated carbocycles. The number of carbonyl (C=O) groups is 1. The zero-order valence-electron chi connectivity index (χ0n) is 14.0. The summed E-state index contributed by atoms with van der Waals surface area (Å²) in [5, 5.41) is 0. The number of rotatable bonds is 6. The number of pyridine rings is 1. The zero-order valence-corrected chi connectivity index (χ0v) is 14.8. The fourth-order valence-corrected chi connectivity index (χ4v) is 3.42. The molecule has 0 bridgehead atoms. The van der Waals surface area contributed by atoms with Crippen molar-refractivity contribution in [2.24, 2.45) is 0 Å². The number of hydrogen-bond acceptors (Lipinski definition) is 4. The van der Waals surface area contributed by atoms with Gasteiger partial charge in [-0.15, -0.1) is 11.8 Å². The minimum atomic E-state index is -0.404. The van der Waals surface area contributed by atoms with Crippen molar-refractivity contribution in [1.82, 2.24) is 4.98 Å². The Hall–Kier alpha value is -2.59. The van der Waals surface area contributed by atoms with Crippen molar-refractivity contribution in [3.05, 3.63) is 84.2 Å². The van der Waals surface area contributed by atoms with Crippen LogP contribution in [-0.4, -0.2) is 23.8 Å². The average Bonchev–Trinajstić information content (AvgIpc) is 2.69. The summed E-state index contributed by atoms with van der Waals surface area (Å²) in [5.74, 6) is 0.536. The monoisotopic (exact) mass is 349 g/mol. The van der Waals surface area contributed by atoms with Crippen molar-refractivity contribution in [2.45, 2.75) is 11.3 Å². The van der Waals surface area contributed by atoms with Crippen molar-refractivity contribution in [3.8, 4) is 11.1 Å². The highest BCUT2D eigenvalue weighted by molar-refractivity contribution is 7.99. The van der Waals surface area contributed by atoms with Crippen LogP contribution < -0.4 is 0 Å². The van der Waals surface area contributed by atoms with Crippen LogP contribution in [-0.2, 0) is 11.2 Å². The Balaban J connectivity index is 1.57. The third kappa shape index (κ3) is 4.70. The SMILES string of the molecule is COC(=O)c1cc(SCCc2ccc(-c3ccccc3)cc2)ccn1. The van der Waals surface area contributed by atoms with Crippen LogP contribution in [0.4, 0.5) is 0 Å². The van der Waals surface area contributed by atoms with Gasteiger partial charge >= 0.3 is 5.97 Å². The summed E-state index contributed by atoms with van der Waals surface area (Å²) < 4.78 is 4.70. The number of nitrogens with zero attached hydrogens (tertiary/aromatic N) is 1. The van der Waals surface area contributed by atoms with Gasteiger partial charge in [-0.3, -0.25) is 0 Å². The first-order valence-electron chi connectivity index (χ1n) is 8.08. The molecule has 0 aliphatic carbocycles. The largest absolute Gasteiger partial charge is 0.464 e. The van der Waals surface area contributed by atoms with Gasteiger partial charge in [0.05, 0.1) is 7.11 Å². The highest BCUT2D eigenvalue weighted by Crippen LogP contribution is 2.22. The Morgan fingerprint density at radius 1 is 1.00 bits per heavy atom. The summed E-state index contributed by atoms with van der Waals surface area (Å²) in [6.07, 6.45) is 2.61. The standard InChI is InChI=1S/C21H19NO2S/c1-24-21(23)20-15-19(11-13-22-20)25-14-12-16-7-9-18(10-8-16)17-5-3-2-4-6-17/h2-11,13,15H,12,14H2,1H3. The van der Waals surface area contributed by atoms with Crippen LogP contribution in [0.2, 0.25) is 0 Å². The van der Waals surface area contributed by atoms with Gasteiger partial charge in [-0.2, -0.15) is 0 Å².